The first-order valence-corrected chi connectivity index (χ1v) is 12.3. The average Bonchev–Trinajstić information content (AvgIpc) is 3.54. The van der Waals surface area contributed by atoms with Gasteiger partial charge in [-0.25, -0.2) is 9.97 Å². The van der Waals surface area contributed by atoms with Gasteiger partial charge >= 0.3 is 0 Å². The molecule has 0 unspecified atom stereocenters. The number of furan rings is 1. The van der Waals surface area contributed by atoms with Gasteiger partial charge in [0.15, 0.2) is 5.76 Å². The average molecular weight is 516 g/mol. The van der Waals surface area contributed by atoms with Crippen molar-refractivity contribution in [3.63, 3.8) is 0 Å². The minimum Gasteiger partial charge on any atom is -0.459 e. The van der Waals surface area contributed by atoms with Crippen LogP contribution in [0.1, 0.15) is 40.2 Å². The van der Waals surface area contributed by atoms with Crippen molar-refractivity contribution in [3.05, 3.63) is 77.3 Å². The normalized spacial score (nSPS) is 14.6. The van der Waals surface area contributed by atoms with E-state index in [0.717, 1.165) is 16.9 Å². The molecule has 0 saturated heterocycles. The van der Waals surface area contributed by atoms with Gasteiger partial charge in [-0.05, 0) is 31.5 Å². The van der Waals surface area contributed by atoms with Crippen molar-refractivity contribution in [2.75, 3.05) is 18.5 Å². The van der Waals surface area contributed by atoms with E-state index >= 15 is 0 Å². The first-order chi connectivity index (χ1) is 18.3. The maximum absolute atomic E-state index is 13.4. The zero-order valence-electron chi connectivity index (χ0n) is 21.4. The number of rotatable bonds is 8. The van der Waals surface area contributed by atoms with Crippen LogP contribution in [0.25, 0.3) is 11.5 Å². The summed E-state index contributed by atoms with van der Waals surface area (Å²) >= 11 is 0. The van der Waals surface area contributed by atoms with Gasteiger partial charge in [0, 0.05) is 32.3 Å². The number of benzene rings is 1. The van der Waals surface area contributed by atoms with Crippen molar-refractivity contribution >= 4 is 23.6 Å². The van der Waals surface area contributed by atoms with Crippen LogP contribution in [0.3, 0.4) is 0 Å². The van der Waals surface area contributed by atoms with Gasteiger partial charge in [-0.15, -0.1) is 0 Å². The van der Waals surface area contributed by atoms with Crippen LogP contribution in [0.5, 0.6) is 0 Å². The predicted octanol–water partition coefficient (Wildman–Crippen LogP) is 2.76. The van der Waals surface area contributed by atoms with E-state index in [2.05, 4.69) is 25.7 Å². The molecule has 1 aliphatic rings. The molecule has 2 atom stereocenters. The molecule has 4 heterocycles. The van der Waals surface area contributed by atoms with E-state index < -0.39 is 12.1 Å². The summed E-state index contributed by atoms with van der Waals surface area (Å²) in [6, 6.07) is 11.5. The Morgan fingerprint density at radius 1 is 1.21 bits per heavy atom. The zero-order valence-corrected chi connectivity index (χ0v) is 21.4. The van der Waals surface area contributed by atoms with E-state index in [1.165, 1.54) is 4.90 Å². The quantitative estimate of drug-likeness (QED) is 0.326. The first kappa shape index (κ1) is 25.2. The number of aromatic nitrogens is 4. The van der Waals surface area contributed by atoms with E-state index in [-0.39, 0.29) is 18.4 Å². The second-order valence-corrected chi connectivity index (χ2v) is 9.26. The Morgan fingerprint density at radius 2 is 2.05 bits per heavy atom. The Balaban J connectivity index is 1.30. The first-order valence-electron chi connectivity index (χ1n) is 12.3. The highest BCUT2D eigenvalue weighted by Gasteiger charge is 2.34. The Bertz CT molecular complexity index is 1480. The molecule has 3 N–H and O–H groups in total. The van der Waals surface area contributed by atoms with E-state index in [1.807, 2.05) is 31.2 Å². The number of carbonyl (C=O) groups is 2. The lowest BCUT2D eigenvalue weighted by atomic mass is 10.0. The van der Waals surface area contributed by atoms with Crippen molar-refractivity contribution in [2.24, 2.45) is 7.05 Å². The molecule has 0 spiro atoms. The molecule has 0 saturated carbocycles. The molecule has 0 radical (unpaired) electrons. The third-order valence-corrected chi connectivity index (χ3v) is 6.64. The Hall–Kier alpha value is -4.51. The second-order valence-electron chi connectivity index (χ2n) is 9.26. The molecule has 38 heavy (non-hydrogen) atoms. The van der Waals surface area contributed by atoms with Crippen LogP contribution >= 0.6 is 0 Å². The lowest BCUT2D eigenvalue weighted by molar-refractivity contribution is -0.126. The van der Waals surface area contributed by atoms with E-state index in [9.17, 15) is 14.7 Å². The molecule has 11 heteroatoms. The summed E-state index contributed by atoms with van der Waals surface area (Å²) in [6.07, 6.45) is 3.73. The van der Waals surface area contributed by atoms with Gasteiger partial charge in [-0.3, -0.25) is 14.3 Å². The highest BCUT2D eigenvalue weighted by atomic mass is 16.3. The fourth-order valence-corrected chi connectivity index (χ4v) is 4.49. The van der Waals surface area contributed by atoms with Crippen LogP contribution in [0.15, 0.2) is 59.3 Å². The number of nitrogens with zero attached hydrogens (tertiary/aromatic N) is 5. The Kier molecular flexibility index (Phi) is 6.93. The number of aliphatic hydroxyl groups excluding tert-OH is 1. The van der Waals surface area contributed by atoms with Gasteiger partial charge in [0.25, 0.3) is 5.91 Å². The summed E-state index contributed by atoms with van der Waals surface area (Å²) < 4.78 is 7.66. The molecule has 1 aromatic carbocycles. The van der Waals surface area contributed by atoms with E-state index in [4.69, 9.17) is 4.42 Å². The molecule has 2 amide bonds. The highest BCUT2D eigenvalue weighted by Crippen LogP contribution is 2.30. The van der Waals surface area contributed by atoms with Crippen LogP contribution in [0.2, 0.25) is 0 Å². The van der Waals surface area contributed by atoms with Gasteiger partial charge in [-0.1, -0.05) is 29.8 Å². The van der Waals surface area contributed by atoms with Crippen LogP contribution in [0.4, 0.5) is 11.8 Å². The zero-order chi connectivity index (χ0) is 26.8. The summed E-state index contributed by atoms with van der Waals surface area (Å²) in [7, 11) is 1.80. The van der Waals surface area contributed by atoms with Crippen molar-refractivity contribution in [2.45, 2.75) is 32.4 Å². The van der Waals surface area contributed by atoms with Gasteiger partial charge in [0.05, 0.1) is 24.4 Å². The van der Waals surface area contributed by atoms with Gasteiger partial charge in [-0.2, -0.15) is 5.10 Å². The summed E-state index contributed by atoms with van der Waals surface area (Å²) in [5.41, 5.74) is 2.76. The number of hydrogen-bond acceptors (Lipinski definition) is 8. The molecule has 0 fully saturated rings. The smallest absolute Gasteiger partial charge is 0.258 e. The van der Waals surface area contributed by atoms with Gasteiger partial charge in [0.2, 0.25) is 11.9 Å². The maximum Gasteiger partial charge on any atom is 0.258 e. The topological polar surface area (TPSA) is 138 Å². The molecule has 0 bridgehead atoms. The molecule has 5 rings (SSSR count). The van der Waals surface area contributed by atoms with Crippen molar-refractivity contribution in [1.29, 1.82) is 0 Å². The minimum atomic E-state index is -0.735. The van der Waals surface area contributed by atoms with E-state index in [1.54, 1.807) is 49.2 Å². The number of aryl methyl sites for hydroxylation is 2. The fourth-order valence-electron chi connectivity index (χ4n) is 4.49. The number of fused-ring (bicyclic) bond motifs is 1. The molecular weight excluding hydrogens is 486 g/mol. The summed E-state index contributed by atoms with van der Waals surface area (Å²) in [6.45, 7) is 3.72. The molecule has 196 valence electrons. The van der Waals surface area contributed by atoms with Crippen molar-refractivity contribution in [3.8, 4) is 11.5 Å². The molecule has 3 aromatic heterocycles. The lowest BCUT2D eigenvalue weighted by Gasteiger charge is -2.32. The van der Waals surface area contributed by atoms with Gasteiger partial charge in [0.1, 0.15) is 23.3 Å². The van der Waals surface area contributed by atoms with Crippen LogP contribution in [0, 0.1) is 6.92 Å². The highest BCUT2D eigenvalue weighted by molar-refractivity contribution is 6.00. The number of amides is 2. The minimum absolute atomic E-state index is 0.249. The number of anilines is 2. The number of nitrogens with one attached hydrogen (secondary N) is 2. The second kappa shape index (κ2) is 10.5. The summed E-state index contributed by atoms with van der Waals surface area (Å²) in [5.74, 6) is 1.46. The van der Waals surface area contributed by atoms with Gasteiger partial charge < -0.3 is 25.1 Å². The largest absolute Gasteiger partial charge is 0.459 e. The molecule has 11 nitrogen and oxygen atoms in total. The van der Waals surface area contributed by atoms with E-state index in [0.29, 0.717) is 41.7 Å². The summed E-state index contributed by atoms with van der Waals surface area (Å²) in [4.78, 5) is 36.7. The predicted molar refractivity (Wildman–Crippen MR) is 140 cm³/mol. The third-order valence-electron chi connectivity index (χ3n) is 6.64. The van der Waals surface area contributed by atoms with Crippen molar-refractivity contribution < 1.29 is 19.1 Å². The SMILES string of the molecule is Cc1cccc([C@@H](CO)NC(=O)[C@@H](C)N2CCc3oc(-c4ccnc(Nc5ccnn5C)n4)cc3C2=O)c1. The number of carbonyl (C=O) groups excluding carboxylic acids is 2. The molecule has 0 aliphatic carbocycles. The monoisotopic (exact) mass is 515 g/mol. The molecule has 4 aromatic rings. The van der Waals surface area contributed by atoms with Crippen LogP contribution in [-0.2, 0) is 18.3 Å². The molecule has 1 aliphatic heterocycles. The van der Waals surface area contributed by atoms with Crippen LogP contribution < -0.4 is 10.6 Å². The maximum atomic E-state index is 13.4. The van der Waals surface area contributed by atoms with Crippen LogP contribution in [-0.4, -0.2) is 60.8 Å². The molecular formula is C27H29N7O4. The summed E-state index contributed by atoms with van der Waals surface area (Å²) in [5, 5.41) is 20.0. The fraction of sp³-hybridized carbons (Fsp3) is 0.296. The Morgan fingerprint density at radius 3 is 2.79 bits per heavy atom. The standard InChI is InChI=1S/C27H29N7O4/c1-16-5-4-6-18(13-16)21(15-35)30-25(36)17(2)34-12-9-22-19(26(34)37)14-23(38-22)20-7-10-28-27(31-20)32-24-8-11-29-33(24)3/h4-8,10-11,13-14,17,21,35H,9,12,15H2,1-3H3,(H,30,36)(H,28,31,32)/t17-,21-/m1/s1. The Labute approximate surface area is 219 Å². The number of aliphatic hydroxyl groups is 1. The van der Waals surface area contributed by atoms with Crippen molar-refractivity contribution in [1.82, 2.24) is 30.0 Å². The number of hydrogen-bond donors (Lipinski definition) is 3. The third kappa shape index (κ3) is 5.00. The lowest BCUT2D eigenvalue weighted by Crippen LogP contribution is -2.51.